The van der Waals surface area contributed by atoms with Crippen molar-refractivity contribution in [1.29, 1.82) is 5.41 Å². The number of pyridine rings is 2. The molecular weight excluding hydrogens is 410 g/mol. The zero-order valence-electron chi connectivity index (χ0n) is 18.2. The zero-order chi connectivity index (χ0) is 22.2. The Kier molecular flexibility index (Phi) is 8.48. The van der Waals surface area contributed by atoms with E-state index in [1.165, 1.54) is 25.7 Å². The minimum absolute atomic E-state index is 0.194. The lowest BCUT2D eigenvalue weighted by molar-refractivity contribution is -0.129. The van der Waals surface area contributed by atoms with Crippen molar-refractivity contribution in [2.45, 2.75) is 37.5 Å². The Labute approximate surface area is 188 Å². The summed E-state index contributed by atoms with van der Waals surface area (Å²) in [5, 5.41) is 9.09. The van der Waals surface area contributed by atoms with E-state index in [4.69, 9.17) is 16.1 Å². The molecule has 2 fully saturated rings. The van der Waals surface area contributed by atoms with E-state index in [0.29, 0.717) is 18.9 Å². The number of nitrogens with two attached hydrogens (primary N) is 1. The van der Waals surface area contributed by atoms with Gasteiger partial charge in [0.2, 0.25) is 5.91 Å². The van der Waals surface area contributed by atoms with Crippen LogP contribution in [0.4, 0.5) is 11.5 Å². The van der Waals surface area contributed by atoms with Crippen LogP contribution < -0.4 is 16.0 Å². The van der Waals surface area contributed by atoms with E-state index in [1.54, 1.807) is 16.7 Å². The summed E-state index contributed by atoms with van der Waals surface area (Å²) in [4.78, 5) is 25.3. The average Bonchev–Trinajstić information content (AvgIpc) is 3.29. The number of nitrogens with zero attached hydrogens (tertiary/aromatic N) is 4. The number of amides is 1. The van der Waals surface area contributed by atoms with Gasteiger partial charge in [-0.25, -0.2) is 4.98 Å². The Hall–Kier alpha value is -2.39. The molecule has 1 saturated carbocycles. The van der Waals surface area contributed by atoms with Crippen LogP contribution in [0.1, 0.15) is 32.1 Å². The van der Waals surface area contributed by atoms with Crippen molar-refractivity contribution in [2.24, 2.45) is 11.7 Å². The van der Waals surface area contributed by atoms with E-state index in [1.807, 2.05) is 25.4 Å². The van der Waals surface area contributed by atoms with Crippen LogP contribution in [0.2, 0.25) is 0 Å². The lowest BCUT2D eigenvalue weighted by Gasteiger charge is -2.22. The molecule has 0 spiro atoms. The largest absolute Gasteiger partial charge is 0.368 e. The molecule has 1 aliphatic carbocycles. The first-order valence-electron chi connectivity index (χ1n) is 10.8. The molecular formula is C22H33N7OS. The number of aromatic nitrogens is 2. The van der Waals surface area contributed by atoms with Gasteiger partial charge in [0.1, 0.15) is 5.82 Å². The van der Waals surface area contributed by atoms with Gasteiger partial charge >= 0.3 is 0 Å². The third-order valence-electron chi connectivity index (χ3n) is 6.01. The molecule has 2 aromatic rings. The molecule has 1 saturated heterocycles. The minimum Gasteiger partial charge on any atom is -0.368 e. The van der Waals surface area contributed by atoms with E-state index in [2.05, 4.69) is 28.0 Å². The highest BCUT2D eigenvalue weighted by Crippen LogP contribution is 2.31. The van der Waals surface area contributed by atoms with E-state index >= 15 is 0 Å². The lowest BCUT2D eigenvalue weighted by Crippen LogP contribution is -2.30. The monoisotopic (exact) mass is 443 g/mol. The van der Waals surface area contributed by atoms with Crippen LogP contribution in [-0.4, -0.2) is 65.4 Å². The number of carbonyl (C=O) groups is 1. The Morgan fingerprint density at radius 3 is 2.81 bits per heavy atom. The average molecular weight is 444 g/mol. The molecule has 168 valence electrons. The molecule has 1 atom stereocenters. The third-order valence-corrected chi connectivity index (χ3v) is 7.09. The topological polar surface area (TPSA) is 111 Å². The number of hydrogen-bond acceptors (Lipinski definition) is 8. The smallest absolute Gasteiger partial charge is 0.224 e. The van der Waals surface area contributed by atoms with Crippen molar-refractivity contribution in [1.82, 2.24) is 14.9 Å². The van der Waals surface area contributed by atoms with Crippen molar-refractivity contribution < 1.29 is 4.79 Å². The molecule has 0 bridgehead atoms. The number of fused-ring (bicyclic) bond motifs is 1. The van der Waals surface area contributed by atoms with Gasteiger partial charge < -0.3 is 26.3 Å². The third kappa shape index (κ3) is 6.07. The molecule has 0 radical (unpaired) electrons. The van der Waals surface area contributed by atoms with Gasteiger partial charge in [-0.3, -0.25) is 9.78 Å². The number of nitrogens with one attached hydrogen (secondary N) is 2. The summed E-state index contributed by atoms with van der Waals surface area (Å²) >= 11 is 1.77. The summed E-state index contributed by atoms with van der Waals surface area (Å²) in [5.74, 6) is 2.44. The van der Waals surface area contributed by atoms with Crippen LogP contribution in [0.15, 0.2) is 24.4 Å². The second-order valence-electron chi connectivity index (χ2n) is 7.98. The first kappa shape index (κ1) is 23.3. The van der Waals surface area contributed by atoms with Gasteiger partial charge in [0, 0.05) is 33.1 Å². The maximum absolute atomic E-state index is 11.9. The van der Waals surface area contributed by atoms with E-state index < -0.39 is 0 Å². The van der Waals surface area contributed by atoms with Crippen molar-refractivity contribution in [3.63, 3.8) is 0 Å². The predicted molar refractivity (Wildman–Crippen MR) is 130 cm³/mol. The summed E-state index contributed by atoms with van der Waals surface area (Å²) < 4.78 is 0. The maximum Gasteiger partial charge on any atom is 0.224 e. The predicted octanol–water partition coefficient (Wildman–Crippen LogP) is 3.14. The van der Waals surface area contributed by atoms with Crippen LogP contribution in [0.3, 0.4) is 0 Å². The first-order chi connectivity index (χ1) is 15.1. The highest BCUT2D eigenvalue weighted by atomic mass is 32.2. The fraction of sp³-hybridized carbons (Fsp3) is 0.545. The molecule has 2 aromatic heterocycles. The summed E-state index contributed by atoms with van der Waals surface area (Å²) in [6.45, 7) is 4.75. The van der Waals surface area contributed by atoms with Gasteiger partial charge in [-0.1, -0.05) is 12.8 Å². The minimum atomic E-state index is 0.194. The van der Waals surface area contributed by atoms with Crippen LogP contribution in [0, 0.1) is 11.3 Å². The molecule has 3 heterocycles. The van der Waals surface area contributed by atoms with Gasteiger partial charge in [-0.15, -0.1) is 11.8 Å². The Balaban J connectivity index is 0.00000132. The number of thioether (sulfide) groups is 1. The van der Waals surface area contributed by atoms with Gasteiger partial charge in [0.15, 0.2) is 0 Å². The molecule has 4 N–H and O–H groups in total. The highest BCUT2D eigenvalue weighted by molar-refractivity contribution is 7.99. The zero-order valence-corrected chi connectivity index (χ0v) is 19.0. The van der Waals surface area contributed by atoms with Crippen molar-refractivity contribution >= 4 is 46.9 Å². The standard InChI is InChI=1S/C21H30N6OS.CH3N/c1-26-10-11-27(9-8-20(26)28)16-12-18-17(23-13-16)6-7-19(25-18)24-14-29-21(22)15-4-2-3-5-15;1-2/h6-7,12-13,15,21H,2-5,8-11,14,22H2,1H3,(H,24,25);2H,1H2. The second-order valence-corrected chi connectivity index (χ2v) is 9.14. The number of rotatable bonds is 6. The Morgan fingerprint density at radius 1 is 1.26 bits per heavy atom. The fourth-order valence-corrected chi connectivity index (χ4v) is 5.06. The summed E-state index contributed by atoms with van der Waals surface area (Å²) in [6.07, 6.45) is 7.56. The molecule has 31 heavy (non-hydrogen) atoms. The van der Waals surface area contributed by atoms with E-state index in [9.17, 15) is 4.79 Å². The van der Waals surface area contributed by atoms with Gasteiger partial charge in [-0.2, -0.15) is 0 Å². The highest BCUT2D eigenvalue weighted by Gasteiger charge is 2.22. The van der Waals surface area contributed by atoms with Gasteiger partial charge in [-0.05, 0) is 43.7 Å². The molecule has 0 aromatic carbocycles. The van der Waals surface area contributed by atoms with E-state index in [0.717, 1.165) is 41.5 Å². The van der Waals surface area contributed by atoms with Crippen molar-refractivity contribution in [2.75, 3.05) is 42.8 Å². The van der Waals surface area contributed by atoms with Crippen LogP contribution in [-0.2, 0) is 4.79 Å². The Morgan fingerprint density at radius 2 is 2.03 bits per heavy atom. The van der Waals surface area contributed by atoms with Crippen LogP contribution in [0.25, 0.3) is 11.0 Å². The van der Waals surface area contributed by atoms with Crippen molar-refractivity contribution in [3.8, 4) is 0 Å². The number of anilines is 2. The first-order valence-corrected chi connectivity index (χ1v) is 11.9. The maximum atomic E-state index is 11.9. The molecule has 2 aliphatic rings. The molecule has 1 unspecified atom stereocenters. The lowest BCUT2D eigenvalue weighted by atomic mass is 10.1. The molecule has 4 rings (SSSR count). The summed E-state index contributed by atoms with van der Waals surface area (Å²) in [6, 6.07) is 6.03. The van der Waals surface area contributed by atoms with E-state index in [-0.39, 0.29) is 11.3 Å². The van der Waals surface area contributed by atoms with Crippen molar-refractivity contribution in [3.05, 3.63) is 24.4 Å². The van der Waals surface area contributed by atoms with Gasteiger partial charge in [0.05, 0.1) is 34.2 Å². The molecule has 1 aliphatic heterocycles. The Bertz CT molecular complexity index is 874. The summed E-state index contributed by atoms with van der Waals surface area (Å²) in [5.41, 5.74) is 9.08. The summed E-state index contributed by atoms with van der Waals surface area (Å²) in [7, 11) is 1.86. The van der Waals surface area contributed by atoms with Gasteiger partial charge in [0.25, 0.3) is 0 Å². The molecule has 9 heteroatoms. The SMILES string of the molecule is C=N.CN1CCN(c2cnc3ccc(NCSC(N)C4CCCC4)nc3c2)CCC1=O. The second kappa shape index (κ2) is 11.3. The number of carbonyl (C=O) groups excluding carboxylic acids is 1. The van der Waals surface area contributed by atoms with Crippen LogP contribution >= 0.6 is 11.8 Å². The number of likely N-dealkylation sites (N-methyl/N-ethyl adjacent to an activating group) is 1. The van der Waals surface area contributed by atoms with Crippen LogP contribution in [0.5, 0.6) is 0 Å². The molecule has 8 nitrogen and oxygen atoms in total. The number of hydrogen-bond donors (Lipinski definition) is 3. The molecule has 1 amide bonds. The fourth-order valence-electron chi connectivity index (χ4n) is 4.09. The quantitative estimate of drug-likeness (QED) is 0.464. The normalized spacial score (nSPS) is 18.5.